The zero-order chi connectivity index (χ0) is 17.5. The minimum Gasteiger partial charge on any atom is -0.467 e. The molecule has 1 aromatic carbocycles. The lowest BCUT2D eigenvalue weighted by molar-refractivity contribution is -0.150. The zero-order valence-corrected chi connectivity index (χ0v) is 14.9. The number of benzene rings is 1. The average molecular weight is 319 g/mol. The topological polar surface area (TPSA) is 55.4 Å². The molecule has 0 heterocycles. The molecule has 1 rings (SSSR count). The second-order valence-corrected chi connectivity index (χ2v) is 6.71. The van der Waals surface area contributed by atoms with Gasteiger partial charge in [-0.3, -0.25) is 4.79 Å². The number of methoxy groups -OCH3 is 1. The van der Waals surface area contributed by atoms with Gasteiger partial charge in [0.25, 0.3) is 0 Å². The summed E-state index contributed by atoms with van der Waals surface area (Å²) in [4.78, 5) is 24.2. The Labute approximate surface area is 139 Å². The fourth-order valence-electron chi connectivity index (χ4n) is 2.74. The minimum atomic E-state index is -0.960. The summed E-state index contributed by atoms with van der Waals surface area (Å²) in [7, 11) is 1.34. The van der Waals surface area contributed by atoms with Gasteiger partial charge in [-0.05, 0) is 36.8 Å². The van der Waals surface area contributed by atoms with Gasteiger partial charge < -0.3 is 10.1 Å². The van der Waals surface area contributed by atoms with Gasteiger partial charge >= 0.3 is 5.97 Å². The predicted molar refractivity (Wildman–Crippen MR) is 92.2 cm³/mol. The van der Waals surface area contributed by atoms with Crippen molar-refractivity contribution in [2.75, 3.05) is 7.11 Å². The number of carbonyl (C=O) groups is 2. The predicted octanol–water partition coefficient (Wildman–Crippen LogP) is 3.28. The van der Waals surface area contributed by atoms with Gasteiger partial charge in [-0.1, -0.05) is 51.5 Å². The Morgan fingerprint density at radius 1 is 1.17 bits per heavy atom. The molecular formula is C19H29NO3. The molecule has 1 unspecified atom stereocenters. The Hall–Kier alpha value is -1.84. The van der Waals surface area contributed by atoms with Gasteiger partial charge in [0.15, 0.2) is 0 Å². The number of esters is 1. The second-order valence-electron chi connectivity index (χ2n) is 6.71. The standard InChI is InChI=1S/C19H29NO3/c1-6-11-19(4,18(22)23-5)20-17(21)13-16-9-7-15(8-10-16)12-14(2)3/h7-10,14H,6,11-13H2,1-5H3,(H,20,21). The number of hydrogen-bond donors (Lipinski definition) is 1. The Bertz CT molecular complexity index is 522. The van der Waals surface area contributed by atoms with E-state index in [2.05, 4.69) is 31.3 Å². The van der Waals surface area contributed by atoms with E-state index < -0.39 is 11.5 Å². The number of hydrogen-bond acceptors (Lipinski definition) is 3. The lowest BCUT2D eigenvalue weighted by Gasteiger charge is -2.27. The van der Waals surface area contributed by atoms with Crippen molar-refractivity contribution >= 4 is 11.9 Å². The molecule has 1 aromatic rings. The third kappa shape index (κ3) is 6.05. The molecule has 0 saturated heterocycles. The van der Waals surface area contributed by atoms with E-state index in [0.29, 0.717) is 12.3 Å². The number of nitrogens with one attached hydrogen (secondary N) is 1. The van der Waals surface area contributed by atoms with E-state index in [1.807, 2.05) is 19.1 Å². The molecule has 0 aliphatic heterocycles. The normalized spacial score (nSPS) is 13.5. The van der Waals surface area contributed by atoms with Crippen LogP contribution in [-0.4, -0.2) is 24.5 Å². The summed E-state index contributed by atoms with van der Waals surface area (Å²) < 4.78 is 4.82. The summed E-state index contributed by atoms with van der Waals surface area (Å²) >= 11 is 0. The van der Waals surface area contributed by atoms with Gasteiger partial charge in [0.05, 0.1) is 13.5 Å². The van der Waals surface area contributed by atoms with Crippen LogP contribution in [0.25, 0.3) is 0 Å². The van der Waals surface area contributed by atoms with Crippen LogP contribution >= 0.6 is 0 Å². The molecule has 1 amide bonds. The van der Waals surface area contributed by atoms with E-state index in [1.165, 1.54) is 12.7 Å². The molecule has 0 radical (unpaired) electrons. The lowest BCUT2D eigenvalue weighted by atomic mass is 9.95. The van der Waals surface area contributed by atoms with E-state index in [4.69, 9.17) is 4.74 Å². The number of carbonyl (C=O) groups excluding carboxylic acids is 2. The highest BCUT2D eigenvalue weighted by Gasteiger charge is 2.34. The van der Waals surface area contributed by atoms with Crippen molar-refractivity contribution in [2.24, 2.45) is 5.92 Å². The first-order chi connectivity index (χ1) is 10.8. The van der Waals surface area contributed by atoms with Crippen molar-refractivity contribution in [3.05, 3.63) is 35.4 Å². The molecule has 4 nitrogen and oxygen atoms in total. The van der Waals surface area contributed by atoms with Gasteiger partial charge in [-0.2, -0.15) is 0 Å². The van der Waals surface area contributed by atoms with E-state index >= 15 is 0 Å². The summed E-state index contributed by atoms with van der Waals surface area (Å²) in [5, 5.41) is 2.83. The third-order valence-corrected chi connectivity index (χ3v) is 3.83. The third-order valence-electron chi connectivity index (χ3n) is 3.83. The van der Waals surface area contributed by atoms with E-state index in [1.54, 1.807) is 6.92 Å². The Kier molecular flexibility index (Phi) is 7.27. The monoisotopic (exact) mass is 319 g/mol. The summed E-state index contributed by atoms with van der Waals surface area (Å²) in [6.45, 7) is 8.05. The molecule has 0 aromatic heterocycles. The highest BCUT2D eigenvalue weighted by Crippen LogP contribution is 2.15. The van der Waals surface area contributed by atoms with Crippen LogP contribution in [0, 0.1) is 5.92 Å². The molecule has 0 aliphatic rings. The Morgan fingerprint density at radius 3 is 2.22 bits per heavy atom. The van der Waals surface area contributed by atoms with E-state index in [9.17, 15) is 9.59 Å². The first-order valence-corrected chi connectivity index (χ1v) is 8.28. The highest BCUT2D eigenvalue weighted by molar-refractivity contribution is 5.88. The van der Waals surface area contributed by atoms with Crippen molar-refractivity contribution < 1.29 is 14.3 Å². The van der Waals surface area contributed by atoms with Crippen molar-refractivity contribution in [3.63, 3.8) is 0 Å². The van der Waals surface area contributed by atoms with Gasteiger partial charge in [-0.15, -0.1) is 0 Å². The first-order valence-electron chi connectivity index (χ1n) is 8.28. The minimum absolute atomic E-state index is 0.164. The van der Waals surface area contributed by atoms with Gasteiger partial charge in [0.1, 0.15) is 5.54 Å². The van der Waals surface area contributed by atoms with Gasteiger partial charge in [-0.25, -0.2) is 4.79 Å². The Balaban J connectivity index is 2.69. The zero-order valence-electron chi connectivity index (χ0n) is 14.9. The molecule has 0 fully saturated rings. The molecule has 23 heavy (non-hydrogen) atoms. The first kappa shape index (κ1) is 19.2. The smallest absolute Gasteiger partial charge is 0.331 e. The molecular weight excluding hydrogens is 290 g/mol. The van der Waals surface area contributed by atoms with Crippen LogP contribution in [0.15, 0.2) is 24.3 Å². The molecule has 128 valence electrons. The van der Waals surface area contributed by atoms with Gasteiger partial charge in [0, 0.05) is 0 Å². The number of amides is 1. The Morgan fingerprint density at radius 2 is 1.74 bits per heavy atom. The molecule has 0 spiro atoms. The number of rotatable bonds is 8. The number of ether oxygens (including phenoxy) is 1. The molecule has 1 atom stereocenters. The van der Waals surface area contributed by atoms with Crippen LogP contribution in [-0.2, 0) is 27.2 Å². The van der Waals surface area contributed by atoms with Crippen molar-refractivity contribution in [1.82, 2.24) is 5.32 Å². The summed E-state index contributed by atoms with van der Waals surface area (Å²) in [5.41, 5.74) is 1.26. The quantitative estimate of drug-likeness (QED) is 0.748. The second kappa shape index (κ2) is 8.70. The van der Waals surface area contributed by atoms with E-state index in [0.717, 1.165) is 18.4 Å². The largest absolute Gasteiger partial charge is 0.467 e. The van der Waals surface area contributed by atoms with Crippen LogP contribution in [0.2, 0.25) is 0 Å². The lowest BCUT2D eigenvalue weighted by Crippen LogP contribution is -2.53. The maximum absolute atomic E-state index is 12.3. The van der Waals surface area contributed by atoms with Crippen LogP contribution < -0.4 is 5.32 Å². The van der Waals surface area contributed by atoms with E-state index in [-0.39, 0.29) is 12.3 Å². The highest BCUT2D eigenvalue weighted by atomic mass is 16.5. The fraction of sp³-hybridized carbons (Fsp3) is 0.579. The van der Waals surface area contributed by atoms with Crippen molar-refractivity contribution in [3.8, 4) is 0 Å². The average Bonchev–Trinajstić information content (AvgIpc) is 2.47. The maximum atomic E-state index is 12.3. The van der Waals surface area contributed by atoms with Gasteiger partial charge in [0.2, 0.25) is 5.91 Å². The molecule has 1 N–H and O–H groups in total. The van der Waals surface area contributed by atoms with Crippen LogP contribution in [0.1, 0.15) is 51.7 Å². The molecule has 4 heteroatoms. The molecule has 0 saturated carbocycles. The van der Waals surface area contributed by atoms with Crippen LogP contribution in [0.4, 0.5) is 0 Å². The SMILES string of the molecule is CCCC(C)(NC(=O)Cc1ccc(CC(C)C)cc1)C(=O)OC. The van der Waals surface area contributed by atoms with Crippen molar-refractivity contribution in [2.45, 2.75) is 58.9 Å². The summed E-state index contributed by atoms with van der Waals surface area (Å²) in [6.07, 6.45) is 2.64. The van der Waals surface area contributed by atoms with Crippen molar-refractivity contribution in [1.29, 1.82) is 0 Å². The molecule has 0 aliphatic carbocycles. The fourth-order valence-corrected chi connectivity index (χ4v) is 2.74. The summed E-state index contributed by atoms with van der Waals surface area (Å²) in [5.74, 6) is 0.0434. The summed E-state index contributed by atoms with van der Waals surface area (Å²) in [6, 6.07) is 8.08. The maximum Gasteiger partial charge on any atom is 0.331 e. The van der Waals surface area contributed by atoms with Crippen LogP contribution in [0.3, 0.4) is 0 Å². The molecule has 0 bridgehead atoms. The van der Waals surface area contributed by atoms with Crippen LogP contribution in [0.5, 0.6) is 0 Å².